The summed E-state index contributed by atoms with van der Waals surface area (Å²) in [5.74, 6) is -3.36. The lowest BCUT2D eigenvalue weighted by atomic mass is 9.89. The van der Waals surface area contributed by atoms with Crippen molar-refractivity contribution in [1.82, 2.24) is 4.58 Å². The van der Waals surface area contributed by atoms with Crippen LogP contribution >= 0.6 is 0 Å². The fourth-order valence-corrected chi connectivity index (χ4v) is 5.04. The maximum atomic E-state index is 12.2. The average Bonchev–Trinajstić information content (AvgIpc) is 2.79. The first kappa shape index (κ1) is 22.8. The Balaban J connectivity index is 1.64. The number of fused-ring (bicyclic) bond motifs is 2. The van der Waals surface area contributed by atoms with Gasteiger partial charge >= 0.3 is 11.9 Å². The summed E-state index contributed by atoms with van der Waals surface area (Å²) in [6.45, 7) is 2.65. The Kier molecular flexibility index (Phi) is 5.22. The van der Waals surface area contributed by atoms with E-state index in [1.807, 2.05) is 34.9 Å². The van der Waals surface area contributed by atoms with Gasteiger partial charge in [0.05, 0.1) is 17.6 Å². The fourth-order valence-electron chi connectivity index (χ4n) is 5.04. The Morgan fingerprint density at radius 2 is 1.73 bits per heavy atom. The second-order valence-corrected chi connectivity index (χ2v) is 9.47. The van der Waals surface area contributed by atoms with E-state index in [0.29, 0.717) is 40.9 Å². The minimum absolute atomic E-state index is 0.0401. The molecule has 0 aromatic heterocycles. The first-order valence-corrected chi connectivity index (χ1v) is 12.0. The van der Waals surface area contributed by atoms with Gasteiger partial charge in [-0.05, 0) is 47.9 Å². The van der Waals surface area contributed by atoms with Crippen LogP contribution in [0, 0.1) is 5.92 Å². The Bertz CT molecular complexity index is 1660. The number of hydrogen-bond acceptors (Lipinski definition) is 6. The molecule has 0 amide bonds. The molecule has 1 aliphatic carbocycles. The molecule has 6 rings (SSSR count). The fraction of sp³-hybridized carbons (Fsp3) is 0.214. The molecule has 2 saturated heterocycles. The predicted molar refractivity (Wildman–Crippen MR) is 133 cm³/mol. The molecule has 0 radical (unpaired) electrons. The molecular weight excluding hydrogens is 476 g/mol. The molecule has 9 nitrogen and oxygen atoms in total. The molecule has 0 saturated carbocycles. The third-order valence-electron chi connectivity index (χ3n) is 7.26. The number of benzene rings is 3. The first-order chi connectivity index (χ1) is 17.8. The van der Waals surface area contributed by atoms with Gasteiger partial charge in [0.1, 0.15) is 11.3 Å². The standard InChI is InChI=1S/C28H22N2O7/c31-26(32)15-2-5-19(28(35)36)22(10-15)25-20-6-3-17(29-8-1-9-29)11-23(20)37-24-12-18(4-7-21(24)25)30-13-16(14-30)27(33)34/h2-7,10-12,16H,1,8-9,13-14H2,(H2-,31,32,33,34,35,36). The van der Waals surface area contributed by atoms with Crippen molar-refractivity contribution in [3.8, 4) is 22.5 Å². The number of nitrogens with zero attached hydrogens (tertiary/aromatic N) is 2. The summed E-state index contributed by atoms with van der Waals surface area (Å²) in [6, 6.07) is 15.0. The van der Waals surface area contributed by atoms with Crippen molar-refractivity contribution in [3.05, 3.63) is 71.1 Å². The van der Waals surface area contributed by atoms with Crippen molar-refractivity contribution in [2.45, 2.75) is 6.42 Å². The van der Waals surface area contributed by atoms with Gasteiger partial charge in [0.15, 0.2) is 19.0 Å². The molecule has 3 heterocycles. The molecule has 186 valence electrons. The van der Waals surface area contributed by atoms with Crippen LogP contribution in [-0.4, -0.2) is 54.3 Å². The molecule has 4 aliphatic rings. The summed E-state index contributed by atoms with van der Waals surface area (Å²) >= 11 is 0. The molecule has 2 fully saturated rings. The molecule has 0 spiro atoms. The molecule has 9 heteroatoms. The molecule has 2 aromatic carbocycles. The van der Waals surface area contributed by atoms with E-state index in [2.05, 4.69) is 4.90 Å². The molecule has 0 atom stereocenters. The second-order valence-electron chi connectivity index (χ2n) is 9.47. The molecule has 0 bridgehead atoms. The molecule has 3 aliphatic heterocycles. The van der Waals surface area contributed by atoms with Crippen LogP contribution in [0.5, 0.6) is 0 Å². The smallest absolute Gasteiger partial charge is 0.336 e. The van der Waals surface area contributed by atoms with Crippen LogP contribution in [0.25, 0.3) is 33.4 Å². The van der Waals surface area contributed by atoms with E-state index < -0.39 is 23.8 Å². The Morgan fingerprint density at radius 3 is 2.38 bits per heavy atom. The quantitative estimate of drug-likeness (QED) is 0.315. The van der Waals surface area contributed by atoms with Crippen molar-refractivity contribution in [2.75, 3.05) is 31.1 Å². The SMILES string of the molecule is O=C([O-])c1ccc(C(=O)O)c(-c2c3ccc(=[N+]4CC(C(=O)O)C4)cc-3oc3cc(N4CCC4)ccc23)c1. The van der Waals surface area contributed by atoms with Gasteiger partial charge in [-0.15, -0.1) is 0 Å². The second kappa shape index (κ2) is 8.48. The number of anilines is 1. The highest BCUT2D eigenvalue weighted by molar-refractivity contribution is 6.09. The van der Waals surface area contributed by atoms with Crippen LogP contribution in [0.2, 0.25) is 0 Å². The van der Waals surface area contributed by atoms with E-state index in [1.54, 1.807) is 6.07 Å². The topological polar surface area (TPSA) is 134 Å². The van der Waals surface area contributed by atoms with Gasteiger partial charge in [0.25, 0.3) is 0 Å². The number of carbonyl (C=O) groups excluding carboxylic acids is 1. The van der Waals surface area contributed by atoms with Gasteiger partial charge in [-0.25, -0.2) is 9.37 Å². The van der Waals surface area contributed by atoms with Crippen LogP contribution in [-0.2, 0) is 4.79 Å². The third-order valence-corrected chi connectivity index (χ3v) is 7.26. The van der Waals surface area contributed by atoms with Crippen LogP contribution in [0.3, 0.4) is 0 Å². The Morgan fingerprint density at radius 1 is 0.946 bits per heavy atom. The highest BCUT2D eigenvalue weighted by Gasteiger charge is 2.37. The molecule has 0 unspecified atom stereocenters. The van der Waals surface area contributed by atoms with Crippen LogP contribution in [0.4, 0.5) is 5.69 Å². The zero-order valence-electron chi connectivity index (χ0n) is 19.6. The van der Waals surface area contributed by atoms with E-state index in [0.717, 1.165) is 30.6 Å². The number of carboxylic acids is 3. The highest BCUT2D eigenvalue weighted by atomic mass is 16.4. The number of aromatic carboxylic acids is 2. The summed E-state index contributed by atoms with van der Waals surface area (Å²) < 4.78 is 8.27. The summed E-state index contributed by atoms with van der Waals surface area (Å²) in [6.07, 6.45) is 1.10. The van der Waals surface area contributed by atoms with Crippen molar-refractivity contribution in [3.63, 3.8) is 0 Å². The first-order valence-electron chi connectivity index (χ1n) is 12.0. The van der Waals surface area contributed by atoms with Gasteiger partial charge < -0.3 is 29.4 Å². The lowest BCUT2D eigenvalue weighted by molar-refractivity contribution is -0.255. The van der Waals surface area contributed by atoms with E-state index in [-0.39, 0.29) is 16.7 Å². The number of aliphatic carboxylic acids is 1. The van der Waals surface area contributed by atoms with E-state index in [9.17, 15) is 29.7 Å². The largest absolute Gasteiger partial charge is 0.545 e. The predicted octanol–water partition coefficient (Wildman–Crippen LogP) is 1.96. The van der Waals surface area contributed by atoms with Crippen molar-refractivity contribution in [2.24, 2.45) is 5.92 Å². The van der Waals surface area contributed by atoms with Crippen molar-refractivity contribution in [1.29, 1.82) is 0 Å². The van der Waals surface area contributed by atoms with Gasteiger partial charge in [0, 0.05) is 47.4 Å². The van der Waals surface area contributed by atoms with Crippen LogP contribution in [0.15, 0.2) is 59.0 Å². The lowest BCUT2D eigenvalue weighted by Crippen LogP contribution is -2.52. The number of rotatable bonds is 5. The third kappa shape index (κ3) is 3.79. The minimum Gasteiger partial charge on any atom is -0.545 e. The molecule has 37 heavy (non-hydrogen) atoms. The van der Waals surface area contributed by atoms with Gasteiger partial charge in [-0.1, -0.05) is 6.07 Å². The normalized spacial score (nSPS) is 16.9. The summed E-state index contributed by atoms with van der Waals surface area (Å²) in [5, 5.41) is 32.3. The Hall–Kier alpha value is -4.66. The Labute approximate surface area is 210 Å². The number of carboxylic acid groups (broad SMARTS) is 3. The summed E-state index contributed by atoms with van der Waals surface area (Å²) in [7, 11) is 0. The maximum Gasteiger partial charge on any atom is 0.336 e. The van der Waals surface area contributed by atoms with Gasteiger partial charge in [0.2, 0.25) is 5.36 Å². The summed E-state index contributed by atoms with van der Waals surface area (Å²) in [5.41, 5.74) is 2.76. The monoisotopic (exact) mass is 498 g/mol. The van der Waals surface area contributed by atoms with E-state index >= 15 is 0 Å². The van der Waals surface area contributed by atoms with Gasteiger partial charge in [-0.3, -0.25) is 4.79 Å². The van der Waals surface area contributed by atoms with Crippen molar-refractivity contribution < 1.29 is 34.1 Å². The number of hydrogen-bond donors (Lipinski definition) is 2. The highest BCUT2D eigenvalue weighted by Crippen LogP contribution is 2.42. The van der Waals surface area contributed by atoms with Crippen LogP contribution < -0.4 is 19.9 Å². The van der Waals surface area contributed by atoms with Gasteiger partial charge in [-0.2, -0.15) is 0 Å². The van der Waals surface area contributed by atoms with E-state index in [1.165, 1.54) is 18.2 Å². The molecule has 2 N–H and O–H groups in total. The molecule has 2 aromatic rings. The average molecular weight is 498 g/mol. The zero-order valence-corrected chi connectivity index (χ0v) is 19.6. The van der Waals surface area contributed by atoms with E-state index in [4.69, 9.17) is 4.42 Å². The minimum atomic E-state index is -1.40. The lowest BCUT2D eigenvalue weighted by Gasteiger charge is -2.33. The van der Waals surface area contributed by atoms with Crippen LogP contribution in [0.1, 0.15) is 27.1 Å². The number of carbonyl (C=O) groups is 3. The zero-order chi connectivity index (χ0) is 25.8. The maximum absolute atomic E-state index is 12.2. The molecular formula is C28H22N2O7. The summed E-state index contributed by atoms with van der Waals surface area (Å²) in [4.78, 5) is 37.3. The van der Waals surface area contributed by atoms with Crippen molar-refractivity contribution >= 4 is 34.6 Å².